The van der Waals surface area contributed by atoms with Crippen LogP contribution in [0.15, 0.2) is 54.6 Å². The molecule has 0 bridgehead atoms. The van der Waals surface area contributed by atoms with Crippen LogP contribution in [0.3, 0.4) is 0 Å². The zero-order chi connectivity index (χ0) is 11.0. The zero-order valence-corrected chi connectivity index (χ0v) is 10.8. The molecule has 3 rings (SSSR count). The molecule has 0 spiro atoms. The molecule has 16 heavy (non-hydrogen) atoms. The van der Waals surface area contributed by atoms with Gasteiger partial charge in [-0.15, -0.1) is 0 Å². The van der Waals surface area contributed by atoms with Crippen LogP contribution in [-0.2, 0) is 7.05 Å². The van der Waals surface area contributed by atoms with Gasteiger partial charge in [-0.3, -0.25) is 0 Å². The molecule has 1 nitrogen and oxygen atoms in total. The minimum absolute atomic E-state index is 0.437. The first kappa shape index (κ1) is 9.83. The van der Waals surface area contributed by atoms with Crippen molar-refractivity contribution in [2.45, 2.75) is 0 Å². The van der Waals surface area contributed by atoms with Gasteiger partial charge in [0, 0.05) is 0 Å². The van der Waals surface area contributed by atoms with Crippen molar-refractivity contribution >= 4 is 24.3 Å². The van der Waals surface area contributed by atoms with E-state index in [2.05, 4.69) is 66.2 Å². The number of para-hydroxylation sites is 1. The molecule has 1 aromatic heterocycles. The van der Waals surface area contributed by atoms with E-state index < -0.39 is 0 Å². The van der Waals surface area contributed by atoms with Gasteiger partial charge in [-0.2, -0.15) is 0 Å². The van der Waals surface area contributed by atoms with Crippen molar-refractivity contribution in [2.75, 3.05) is 0 Å². The molecule has 0 amide bonds. The van der Waals surface area contributed by atoms with Crippen molar-refractivity contribution in [1.82, 2.24) is 0 Å². The Hall–Kier alpha value is -1.37. The van der Waals surface area contributed by atoms with Gasteiger partial charge in [-0.1, -0.05) is 0 Å². The SMILES string of the molecule is C[n+]1c(-c2ccccc2)[se]c2ccccc21. The molecule has 0 saturated carbocycles. The van der Waals surface area contributed by atoms with Crippen LogP contribution in [-0.4, -0.2) is 14.5 Å². The number of aryl methyl sites for hydroxylation is 1. The van der Waals surface area contributed by atoms with Crippen LogP contribution in [0.4, 0.5) is 0 Å². The number of rotatable bonds is 1. The fraction of sp³-hybridized carbons (Fsp3) is 0.0714. The average molecular weight is 273 g/mol. The summed E-state index contributed by atoms with van der Waals surface area (Å²) in [6.07, 6.45) is 0. The average Bonchev–Trinajstić information content (AvgIpc) is 2.69. The summed E-state index contributed by atoms with van der Waals surface area (Å²) in [5, 5.41) is 0. The molecule has 0 aliphatic rings. The van der Waals surface area contributed by atoms with E-state index in [4.69, 9.17) is 0 Å². The van der Waals surface area contributed by atoms with Crippen LogP contribution in [0.2, 0.25) is 0 Å². The summed E-state index contributed by atoms with van der Waals surface area (Å²) < 4.78 is 5.26. The van der Waals surface area contributed by atoms with Crippen LogP contribution >= 0.6 is 0 Å². The third-order valence-corrected chi connectivity index (χ3v) is 5.42. The van der Waals surface area contributed by atoms with Crippen molar-refractivity contribution in [2.24, 2.45) is 7.05 Å². The van der Waals surface area contributed by atoms with Gasteiger partial charge < -0.3 is 0 Å². The molecule has 2 heteroatoms. The Morgan fingerprint density at radius 3 is 2.31 bits per heavy atom. The van der Waals surface area contributed by atoms with Gasteiger partial charge in [0.2, 0.25) is 0 Å². The van der Waals surface area contributed by atoms with E-state index in [0.29, 0.717) is 14.5 Å². The standard InChI is InChI=1S/C14H12NSe/c1-15-12-9-5-6-10-13(12)16-14(15)11-7-3-2-4-8-11/h2-10H,1H3/q+1. The summed E-state index contributed by atoms with van der Waals surface area (Å²) in [4.78, 5) is 0. The van der Waals surface area contributed by atoms with Crippen LogP contribution in [0.1, 0.15) is 0 Å². The topological polar surface area (TPSA) is 3.88 Å². The van der Waals surface area contributed by atoms with Gasteiger partial charge in [-0.05, 0) is 0 Å². The first-order chi connectivity index (χ1) is 7.86. The van der Waals surface area contributed by atoms with E-state index in [1.165, 1.54) is 19.9 Å². The Kier molecular flexibility index (Phi) is 2.39. The molecular weight excluding hydrogens is 261 g/mol. The summed E-state index contributed by atoms with van der Waals surface area (Å²) in [5.41, 5.74) is 2.71. The van der Waals surface area contributed by atoms with Crippen molar-refractivity contribution in [3.63, 3.8) is 0 Å². The summed E-state index contributed by atoms with van der Waals surface area (Å²) in [6, 6.07) is 19.3. The first-order valence-corrected chi connectivity index (χ1v) is 7.00. The molecule has 0 atom stereocenters. The third kappa shape index (κ3) is 1.51. The van der Waals surface area contributed by atoms with E-state index in [9.17, 15) is 0 Å². The van der Waals surface area contributed by atoms with Crippen molar-refractivity contribution in [1.29, 1.82) is 0 Å². The molecule has 1 heterocycles. The Labute approximate surface area is 101 Å². The summed E-state index contributed by atoms with van der Waals surface area (Å²) in [6.45, 7) is 0. The molecule has 2 aromatic carbocycles. The number of nitrogens with zero attached hydrogens (tertiary/aromatic N) is 1. The van der Waals surface area contributed by atoms with Gasteiger partial charge in [-0.25, -0.2) is 0 Å². The second-order valence-corrected chi connectivity index (χ2v) is 5.96. The van der Waals surface area contributed by atoms with Crippen LogP contribution < -0.4 is 4.57 Å². The Morgan fingerprint density at radius 2 is 1.56 bits per heavy atom. The van der Waals surface area contributed by atoms with Gasteiger partial charge >= 0.3 is 101 Å². The Balaban J connectivity index is 2.29. The van der Waals surface area contributed by atoms with Gasteiger partial charge in [0.15, 0.2) is 0 Å². The summed E-state index contributed by atoms with van der Waals surface area (Å²) in [7, 11) is 2.16. The summed E-state index contributed by atoms with van der Waals surface area (Å²) in [5.74, 6) is 0. The van der Waals surface area contributed by atoms with Crippen LogP contribution in [0.5, 0.6) is 0 Å². The predicted octanol–water partition coefficient (Wildman–Crippen LogP) is 2.39. The molecule has 78 valence electrons. The third-order valence-electron chi connectivity index (χ3n) is 2.76. The maximum absolute atomic E-state index is 2.32. The fourth-order valence-electron chi connectivity index (χ4n) is 1.94. The number of aromatic nitrogens is 1. The monoisotopic (exact) mass is 274 g/mol. The van der Waals surface area contributed by atoms with Crippen molar-refractivity contribution in [3.05, 3.63) is 54.6 Å². The first-order valence-electron chi connectivity index (χ1n) is 5.29. The molecule has 0 unspecified atom stereocenters. The molecule has 0 saturated heterocycles. The van der Waals surface area contributed by atoms with Crippen LogP contribution in [0, 0.1) is 0 Å². The van der Waals surface area contributed by atoms with Crippen molar-refractivity contribution in [3.8, 4) is 10.1 Å². The number of hydrogen-bond acceptors (Lipinski definition) is 0. The second kappa shape index (κ2) is 3.89. The molecule has 0 aliphatic carbocycles. The molecular formula is C14H12NSe+. The zero-order valence-electron chi connectivity index (χ0n) is 9.05. The van der Waals surface area contributed by atoms with Crippen molar-refractivity contribution < 1.29 is 4.57 Å². The minimum atomic E-state index is 0.437. The normalized spacial score (nSPS) is 10.8. The molecule has 0 N–H and O–H groups in total. The summed E-state index contributed by atoms with van der Waals surface area (Å²) >= 11 is 0.437. The predicted molar refractivity (Wildman–Crippen MR) is 67.5 cm³/mol. The molecule has 3 aromatic rings. The molecule has 0 fully saturated rings. The molecule has 0 aliphatic heterocycles. The van der Waals surface area contributed by atoms with E-state index in [0.717, 1.165) is 0 Å². The maximum atomic E-state index is 2.32. The van der Waals surface area contributed by atoms with E-state index in [1.807, 2.05) is 0 Å². The molecule has 0 radical (unpaired) electrons. The Morgan fingerprint density at radius 1 is 0.875 bits per heavy atom. The number of hydrogen-bond donors (Lipinski definition) is 0. The Bertz CT molecular complexity index is 626. The van der Waals surface area contributed by atoms with Gasteiger partial charge in [0.25, 0.3) is 0 Å². The van der Waals surface area contributed by atoms with E-state index in [-0.39, 0.29) is 0 Å². The second-order valence-electron chi connectivity index (χ2n) is 3.80. The number of benzene rings is 2. The van der Waals surface area contributed by atoms with E-state index >= 15 is 0 Å². The van der Waals surface area contributed by atoms with Gasteiger partial charge in [0.05, 0.1) is 0 Å². The van der Waals surface area contributed by atoms with E-state index in [1.54, 1.807) is 0 Å². The van der Waals surface area contributed by atoms with Crippen LogP contribution in [0.25, 0.3) is 19.9 Å². The van der Waals surface area contributed by atoms with Gasteiger partial charge in [0.1, 0.15) is 0 Å². The quantitative estimate of drug-likeness (QED) is 0.473. The fourth-order valence-corrected chi connectivity index (χ4v) is 4.36. The number of fused-ring (bicyclic) bond motifs is 1.